The van der Waals surface area contributed by atoms with Gasteiger partial charge in [-0.1, -0.05) is 24.6 Å². The molecule has 6 nitrogen and oxygen atoms in total. The molecule has 0 radical (unpaired) electrons. The van der Waals surface area contributed by atoms with E-state index < -0.39 is 27.5 Å². The number of rotatable bonds is 7. The Bertz CT molecular complexity index is 1140. The Morgan fingerprint density at radius 3 is 2.55 bits per heavy atom. The Labute approximate surface area is 195 Å². The number of halogens is 4. The Kier molecular flexibility index (Phi) is 7.73. The van der Waals surface area contributed by atoms with Gasteiger partial charge < -0.3 is 11.1 Å². The maximum absolute atomic E-state index is 13.7. The highest BCUT2D eigenvalue weighted by atomic mass is 35.5. The molecule has 0 aromatic heterocycles. The van der Waals surface area contributed by atoms with E-state index in [9.17, 15) is 26.4 Å². The fourth-order valence-electron chi connectivity index (χ4n) is 3.79. The predicted octanol–water partition coefficient (Wildman–Crippen LogP) is 3.62. The van der Waals surface area contributed by atoms with Crippen molar-refractivity contribution in [1.82, 2.24) is 10.2 Å². The van der Waals surface area contributed by atoms with Gasteiger partial charge in [0.05, 0.1) is 16.2 Å². The number of hydrogen-bond donors (Lipinski definition) is 2. The highest BCUT2D eigenvalue weighted by molar-refractivity contribution is 7.91. The molecule has 1 aliphatic rings. The van der Waals surface area contributed by atoms with Crippen molar-refractivity contribution in [3.8, 4) is 0 Å². The molecule has 1 atom stereocenters. The Balaban J connectivity index is 1.81. The molecular formula is C22H25ClF3N3O3S. The molecule has 0 bridgehead atoms. The van der Waals surface area contributed by atoms with Crippen molar-refractivity contribution in [1.29, 1.82) is 0 Å². The Morgan fingerprint density at radius 2 is 1.94 bits per heavy atom. The largest absolute Gasteiger partial charge is 0.416 e. The lowest BCUT2D eigenvalue weighted by Gasteiger charge is -2.20. The molecule has 2 aromatic carbocycles. The van der Waals surface area contributed by atoms with Crippen LogP contribution in [0.25, 0.3) is 0 Å². The maximum Gasteiger partial charge on any atom is 0.416 e. The SMILES string of the molecule is CCS(=O)(=O)c1ccc(Cl)cc1CNC(=O)c1ccc(CN2CCC(N)C2)c(C(F)(F)F)c1. The maximum atomic E-state index is 13.7. The number of nitrogens with one attached hydrogen (secondary N) is 1. The van der Waals surface area contributed by atoms with Gasteiger partial charge in [0.2, 0.25) is 0 Å². The number of amides is 1. The van der Waals surface area contributed by atoms with Crippen molar-refractivity contribution in [3.63, 3.8) is 0 Å². The van der Waals surface area contributed by atoms with Crippen LogP contribution >= 0.6 is 11.6 Å². The van der Waals surface area contributed by atoms with E-state index in [-0.39, 0.29) is 51.5 Å². The van der Waals surface area contributed by atoms with Gasteiger partial charge in [0, 0.05) is 42.8 Å². The number of benzene rings is 2. The van der Waals surface area contributed by atoms with Gasteiger partial charge in [-0.25, -0.2) is 8.42 Å². The van der Waals surface area contributed by atoms with Crippen molar-refractivity contribution < 1.29 is 26.4 Å². The van der Waals surface area contributed by atoms with Crippen molar-refractivity contribution in [2.75, 3.05) is 18.8 Å². The molecule has 11 heteroatoms. The summed E-state index contributed by atoms with van der Waals surface area (Å²) in [5, 5.41) is 2.78. The first-order chi connectivity index (χ1) is 15.4. The highest BCUT2D eigenvalue weighted by Gasteiger charge is 2.35. The van der Waals surface area contributed by atoms with Crippen LogP contribution in [0.4, 0.5) is 13.2 Å². The molecule has 180 valence electrons. The van der Waals surface area contributed by atoms with Gasteiger partial charge in [-0.2, -0.15) is 13.2 Å². The molecule has 1 saturated heterocycles. The quantitative estimate of drug-likeness (QED) is 0.602. The van der Waals surface area contributed by atoms with Gasteiger partial charge >= 0.3 is 6.18 Å². The van der Waals surface area contributed by atoms with Crippen LogP contribution in [0.1, 0.15) is 40.4 Å². The molecule has 0 spiro atoms. The fourth-order valence-corrected chi connectivity index (χ4v) is 5.10. The summed E-state index contributed by atoms with van der Waals surface area (Å²) in [5.74, 6) is -0.900. The lowest BCUT2D eigenvalue weighted by Crippen LogP contribution is -2.28. The van der Waals surface area contributed by atoms with Crippen LogP contribution in [0.5, 0.6) is 0 Å². The van der Waals surface area contributed by atoms with Crippen LogP contribution in [0, 0.1) is 0 Å². The average molecular weight is 504 g/mol. The van der Waals surface area contributed by atoms with E-state index in [4.69, 9.17) is 17.3 Å². The standard InChI is InChI=1S/C22H25ClF3N3O3S/c1-2-33(31,32)20-6-5-17(23)9-16(20)11-28-21(30)14-3-4-15(19(10-14)22(24,25)26)12-29-8-7-18(27)13-29/h3-6,9-10,18H,2,7-8,11-13,27H2,1H3,(H,28,30). The van der Waals surface area contributed by atoms with Gasteiger partial charge in [-0.15, -0.1) is 0 Å². The number of nitrogens with two attached hydrogens (primary N) is 1. The fraction of sp³-hybridized carbons (Fsp3) is 0.409. The monoisotopic (exact) mass is 503 g/mol. The second-order valence-electron chi connectivity index (χ2n) is 7.99. The zero-order valence-corrected chi connectivity index (χ0v) is 19.5. The second-order valence-corrected chi connectivity index (χ2v) is 10.7. The zero-order valence-electron chi connectivity index (χ0n) is 18.0. The van der Waals surface area contributed by atoms with Crippen LogP contribution in [0.3, 0.4) is 0 Å². The molecular weight excluding hydrogens is 479 g/mol. The van der Waals surface area contributed by atoms with Gasteiger partial charge in [-0.05, 0) is 47.9 Å². The normalized spacial score (nSPS) is 17.3. The van der Waals surface area contributed by atoms with Crippen molar-refractivity contribution in [3.05, 3.63) is 63.7 Å². The summed E-state index contributed by atoms with van der Waals surface area (Å²) in [6, 6.07) is 7.58. The van der Waals surface area contributed by atoms with Crippen molar-refractivity contribution in [2.45, 2.75) is 43.5 Å². The van der Waals surface area contributed by atoms with Gasteiger partial charge in [0.15, 0.2) is 9.84 Å². The van der Waals surface area contributed by atoms with E-state index >= 15 is 0 Å². The zero-order chi connectivity index (χ0) is 24.4. The average Bonchev–Trinajstić information content (AvgIpc) is 3.15. The first-order valence-corrected chi connectivity index (χ1v) is 12.4. The predicted molar refractivity (Wildman–Crippen MR) is 120 cm³/mol. The molecule has 33 heavy (non-hydrogen) atoms. The minimum atomic E-state index is -4.64. The molecule has 1 aliphatic heterocycles. The third-order valence-corrected chi connectivity index (χ3v) is 7.62. The first kappa shape index (κ1) is 25.5. The summed E-state index contributed by atoms with van der Waals surface area (Å²) in [6.07, 6.45) is -3.91. The number of sulfone groups is 1. The Hall–Kier alpha value is -2.14. The lowest BCUT2D eigenvalue weighted by molar-refractivity contribution is -0.138. The van der Waals surface area contributed by atoms with Gasteiger partial charge in [0.1, 0.15) is 0 Å². The number of nitrogens with zero attached hydrogens (tertiary/aromatic N) is 1. The number of carbonyl (C=O) groups excluding carboxylic acids is 1. The third kappa shape index (κ3) is 6.26. The summed E-state index contributed by atoms with van der Waals surface area (Å²) in [4.78, 5) is 14.5. The summed E-state index contributed by atoms with van der Waals surface area (Å²) in [7, 11) is -3.58. The summed E-state index contributed by atoms with van der Waals surface area (Å²) < 4.78 is 65.7. The van der Waals surface area contributed by atoms with E-state index in [0.717, 1.165) is 12.5 Å². The van der Waals surface area contributed by atoms with Gasteiger partial charge in [0.25, 0.3) is 5.91 Å². The van der Waals surface area contributed by atoms with Crippen molar-refractivity contribution in [2.24, 2.45) is 5.73 Å². The number of carbonyl (C=O) groups is 1. The van der Waals surface area contributed by atoms with E-state index in [2.05, 4.69) is 5.32 Å². The molecule has 3 rings (SSSR count). The molecule has 3 N–H and O–H groups in total. The topological polar surface area (TPSA) is 92.5 Å². The number of likely N-dealkylation sites (tertiary alicyclic amines) is 1. The van der Waals surface area contributed by atoms with E-state index in [1.54, 1.807) is 0 Å². The van der Waals surface area contributed by atoms with Crippen LogP contribution in [-0.4, -0.2) is 44.1 Å². The summed E-state index contributed by atoms with van der Waals surface area (Å²) in [6.45, 7) is 2.50. The molecule has 1 unspecified atom stereocenters. The number of alkyl halides is 3. The van der Waals surface area contributed by atoms with Gasteiger partial charge in [-0.3, -0.25) is 9.69 Å². The van der Waals surface area contributed by atoms with E-state index in [0.29, 0.717) is 13.1 Å². The molecule has 1 amide bonds. The van der Waals surface area contributed by atoms with E-state index in [1.165, 1.54) is 37.3 Å². The smallest absolute Gasteiger partial charge is 0.348 e. The first-order valence-electron chi connectivity index (χ1n) is 10.4. The summed E-state index contributed by atoms with van der Waals surface area (Å²) >= 11 is 5.97. The van der Waals surface area contributed by atoms with Crippen LogP contribution in [0.2, 0.25) is 5.02 Å². The summed E-state index contributed by atoms with van der Waals surface area (Å²) in [5.41, 5.74) is 5.11. The minimum Gasteiger partial charge on any atom is -0.348 e. The lowest BCUT2D eigenvalue weighted by atomic mass is 10.0. The molecule has 2 aromatic rings. The third-order valence-electron chi connectivity index (χ3n) is 5.56. The molecule has 0 saturated carbocycles. The second kappa shape index (κ2) is 10.0. The van der Waals surface area contributed by atoms with Crippen LogP contribution in [0.15, 0.2) is 41.3 Å². The van der Waals surface area contributed by atoms with Crippen molar-refractivity contribution >= 4 is 27.3 Å². The molecule has 1 fully saturated rings. The molecule has 1 heterocycles. The van der Waals surface area contributed by atoms with Crippen LogP contribution < -0.4 is 11.1 Å². The van der Waals surface area contributed by atoms with E-state index in [1.807, 2.05) is 4.90 Å². The Morgan fingerprint density at radius 1 is 1.21 bits per heavy atom. The van der Waals surface area contributed by atoms with Crippen LogP contribution in [-0.2, 0) is 29.1 Å². The number of hydrogen-bond acceptors (Lipinski definition) is 5. The minimum absolute atomic E-state index is 0.0184. The molecule has 0 aliphatic carbocycles. The highest BCUT2D eigenvalue weighted by Crippen LogP contribution is 2.34.